The SMILES string of the molecule is CC(CCN1CCC(NS(C)(=O)=O)CC1)(C(=O)NCc1cccc(OC(F)(F)F)c1)c1ccc(Cl)c(O)c1. The molecule has 3 rings (SSSR count). The van der Waals surface area contributed by atoms with Gasteiger partial charge in [-0.1, -0.05) is 29.8 Å². The first-order chi connectivity index (χ1) is 17.6. The van der Waals surface area contributed by atoms with Crippen molar-refractivity contribution in [3.8, 4) is 11.5 Å². The number of nitrogens with one attached hydrogen (secondary N) is 2. The number of carbonyl (C=O) groups excluding carboxylic acids is 1. The molecule has 13 heteroatoms. The van der Waals surface area contributed by atoms with Crippen LogP contribution in [0.3, 0.4) is 0 Å². The van der Waals surface area contributed by atoms with E-state index in [2.05, 4.69) is 19.7 Å². The smallest absolute Gasteiger partial charge is 0.506 e. The van der Waals surface area contributed by atoms with E-state index in [1.807, 2.05) is 0 Å². The Hall–Kier alpha value is -2.54. The first-order valence-electron chi connectivity index (χ1n) is 12.0. The van der Waals surface area contributed by atoms with E-state index in [0.29, 0.717) is 50.0 Å². The summed E-state index contributed by atoms with van der Waals surface area (Å²) in [5, 5.41) is 13.1. The van der Waals surface area contributed by atoms with Crippen molar-refractivity contribution in [2.45, 2.75) is 50.6 Å². The lowest BCUT2D eigenvalue weighted by Crippen LogP contribution is -2.47. The van der Waals surface area contributed by atoms with Gasteiger partial charge in [-0.05, 0) is 81.2 Å². The van der Waals surface area contributed by atoms with Gasteiger partial charge in [0.25, 0.3) is 0 Å². The predicted octanol–water partition coefficient (Wildman–Crippen LogP) is 3.92. The van der Waals surface area contributed by atoms with Crippen molar-refractivity contribution < 1.29 is 36.2 Å². The number of alkyl halides is 3. The first kappa shape index (κ1) is 30.0. The van der Waals surface area contributed by atoms with Gasteiger partial charge < -0.3 is 20.1 Å². The van der Waals surface area contributed by atoms with Gasteiger partial charge in [0.2, 0.25) is 15.9 Å². The molecule has 2 aromatic carbocycles. The molecule has 1 saturated heterocycles. The van der Waals surface area contributed by atoms with Crippen molar-refractivity contribution >= 4 is 27.5 Å². The van der Waals surface area contributed by atoms with Gasteiger partial charge in [0.15, 0.2) is 0 Å². The number of ether oxygens (including phenoxy) is 1. The maximum atomic E-state index is 13.5. The van der Waals surface area contributed by atoms with Crippen molar-refractivity contribution in [2.24, 2.45) is 0 Å². The number of phenolic OH excluding ortho intramolecular Hbond substituents is 1. The minimum Gasteiger partial charge on any atom is -0.506 e. The number of halogens is 4. The molecule has 0 saturated carbocycles. The van der Waals surface area contributed by atoms with E-state index in [-0.39, 0.29) is 35.0 Å². The minimum absolute atomic E-state index is 0.0361. The number of sulfonamides is 1. The number of nitrogens with zero attached hydrogens (tertiary/aromatic N) is 1. The fraction of sp³-hybridized carbons (Fsp3) is 0.480. The first-order valence-corrected chi connectivity index (χ1v) is 14.2. The highest BCUT2D eigenvalue weighted by Gasteiger charge is 2.36. The number of likely N-dealkylation sites (tertiary alicyclic amines) is 1. The zero-order valence-electron chi connectivity index (χ0n) is 21.0. The van der Waals surface area contributed by atoms with Gasteiger partial charge in [-0.25, -0.2) is 13.1 Å². The summed E-state index contributed by atoms with van der Waals surface area (Å²) in [5.41, 5.74) is -0.161. The molecule has 8 nitrogen and oxygen atoms in total. The van der Waals surface area contributed by atoms with Crippen LogP contribution in [0.2, 0.25) is 5.02 Å². The number of benzene rings is 2. The third-order valence-corrected chi connectivity index (χ3v) is 7.65. The summed E-state index contributed by atoms with van der Waals surface area (Å²) in [6.07, 6.45) is -2.07. The molecule has 1 unspecified atom stereocenters. The van der Waals surface area contributed by atoms with Crippen LogP contribution < -0.4 is 14.8 Å². The van der Waals surface area contributed by atoms with E-state index < -0.39 is 21.8 Å². The largest absolute Gasteiger partial charge is 0.573 e. The van der Waals surface area contributed by atoms with Crippen LogP contribution in [0.4, 0.5) is 13.2 Å². The summed E-state index contributed by atoms with van der Waals surface area (Å²) in [6.45, 7) is 3.50. The average molecular weight is 578 g/mol. The predicted molar refractivity (Wildman–Crippen MR) is 137 cm³/mol. The molecule has 0 spiro atoms. The normalized spacial score (nSPS) is 17.1. The van der Waals surface area contributed by atoms with E-state index in [4.69, 9.17) is 11.6 Å². The molecule has 1 aliphatic heterocycles. The summed E-state index contributed by atoms with van der Waals surface area (Å²) in [7, 11) is -3.29. The van der Waals surface area contributed by atoms with E-state index in [1.54, 1.807) is 19.1 Å². The van der Waals surface area contributed by atoms with Crippen molar-refractivity contribution in [3.63, 3.8) is 0 Å². The fourth-order valence-corrected chi connectivity index (χ4v) is 5.39. The Morgan fingerprint density at radius 3 is 2.47 bits per heavy atom. The van der Waals surface area contributed by atoms with Gasteiger partial charge in [0.1, 0.15) is 11.5 Å². The lowest BCUT2D eigenvalue weighted by atomic mass is 9.78. The molecule has 3 N–H and O–H groups in total. The lowest BCUT2D eigenvalue weighted by Gasteiger charge is -2.35. The van der Waals surface area contributed by atoms with Crippen LogP contribution in [-0.2, 0) is 26.8 Å². The van der Waals surface area contributed by atoms with Gasteiger partial charge in [-0.15, -0.1) is 13.2 Å². The highest BCUT2D eigenvalue weighted by molar-refractivity contribution is 7.88. The van der Waals surface area contributed by atoms with E-state index in [0.717, 1.165) is 6.26 Å². The van der Waals surface area contributed by atoms with E-state index >= 15 is 0 Å². The van der Waals surface area contributed by atoms with Crippen molar-refractivity contribution in [1.29, 1.82) is 0 Å². The van der Waals surface area contributed by atoms with Gasteiger partial charge in [-0.3, -0.25) is 4.79 Å². The van der Waals surface area contributed by atoms with Crippen LogP contribution in [-0.4, -0.2) is 62.6 Å². The molecule has 0 bridgehead atoms. The molecule has 1 heterocycles. The summed E-state index contributed by atoms with van der Waals surface area (Å²) in [6, 6.07) is 9.80. The third-order valence-electron chi connectivity index (χ3n) is 6.57. The Morgan fingerprint density at radius 1 is 1.18 bits per heavy atom. The third kappa shape index (κ3) is 8.75. The van der Waals surface area contributed by atoms with Crippen LogP contribution in [0.25, 0.3) is 0 Å². The van der Waals surface area contributed by atoms with E-state index in [1.165, 1.54) is 30.3 Å². The quantitative estimate of drug-likeness (QED) is 0.395. The van der Waals surface area contributed by atoms with Gasteiger partial charge in [-0.2, -0.15) is 0 Å². The molecule has 1 aliphatic rings. The van der Waals surface area contributed by atoms with Crippen LogP contribution in [0.1, 0.15) is 37.3 Å². The second kappa shape index (κ2) is 12.1. The Balaban J connectivity index is 1.71. The second-order valence-corrected chi connectivity index (χ2v) is 11.8. The zero-order chi connectivity index (χ0) is 28.1. The van der Waals surface area contributed by atoms with Gasteiger partial charge >= 0.3 is 6.36 Å². The summed E-state index contributed by atoms with van der Waals surface area (Å²) in [4.78, 5) is 15.6. The fourth-order valence-electron chi connectivity index (χ4n) is 4.43. The number of phenols is 1. The van der Waals surface area contributed by atoms with Crippen molar-refractivity contribution in [2.75, 3.05) is 25.9 Å². The van der Waals surface area contributed by atoms with Crippen LogP contribution in [0, 0.1) is 0 Å². The number of aromatic hydroxyl groups is 1. The molecular formula is C25H31ClF3N3O5S. The Labute approximate surface area is 225 Å². The molecule has 1 amide bonds. The highest BCUT2D eigenvalue weighted by atomic mass is 35.5. The molecule has 0 aromatic heterocycles. The van der Waals surface area contributed by atoms with Crippen molar-refractivity contribution in [1.82, 2.24) is 14.9 Å². The number of piperidine rings is 1. The molecule has 0 aliphatic carbocycles. The Bertz CT molecular complexity index is 1240. The van der Waals surface area contributed by atoms with Gasteiger partial charge in [0, 0.05) is 12.6 Å². The monoisotopic (exact) mass is 577 g/mol. The Morgan fingerprint density at radius 2 is 1.87 bits per heavy atom. The number of rotatable bonds is 10. The van der Waals surface area contributed by atoms with E-state index in [9.17, 15) is 31.5 Å². The maximum Gasteiger partial charge on any atom is 0.573 e. The summed E-state index contributed by atoms with van der Waals surface area (Å²) < 4.78 is 67.3. The molecule has 1 fully saturated rings. The molecule has 38 heavy (non-hydrogen) atoms. The molecule has 1 atom stereocenters. The standard InChI is InChI=1S/C25H31ClF3N3O5S/c1-24(18-6-7-21(26)22(33)15-18,10-13-32-11-8-19(9-12-32)31-38(2,35)36)23(34)30-16-17-4-3-5-20(14-17)37-25(27,28)29/h3-7,14-15,19,31,33H,8-13,16H2,1-2H3,(H,30,34). The second-order valence-electron chi connectivity index (χ2n) is 9.63. The number of amides is 1. The molecule has 210 valence electrons. The highest BCUT2D eigenvalue weighted by Crippen LogP contribution is 2.34. The maximum absolute atomic E-state index is 13.5. The van der Waals surface area contributed by atoms with Crippen molar-refractivity contribution in [3.05, 3.63) is 58.6 Å². The van der Waals surface area contributed by atoms with Crippen LogP contribution in [0.15, 0.2) is 42.5 Å². The molecular weight excluding hydrogens is 547 g/mol. The molecule has 2 aromatic rings. The van der Waals surface area contributed by atoms with Crippen LogP contribution in [0.5, 0.6) is 11.5 Å². The average Bonchev–Trinajstić information content (AvgIpc) is 2.81. The number of carbonyl (C=O) groups is 1. The summed E-state index contributed by atoms with van der Waals surface area (Å²) in [5.74, 6) is -0.939. The minimum atomic E-state index is -4.83. The zero-order valence-corrected chi connectivity index (χ0v) is 22.6. The Kier molecular flexibility index (Phi) is 9.56. The summed E-state index contributed by atoms with van der Waals surface area (Å²) >= 11 is 5.97. The van der Waals surface area contributed by atoms with Gasteiger partial charge in [0.05, 0.1) is 16.7 Å². The number of hydrogen-bond donors (Lipinski definition) is 3. The lowest BCUT2D eigenvalue weighted by molar-refractivity contribution is -0.274. The van der Waals surface area contributed by atoms with Crippen LogP contribution >= 0.6 is 11.6 Å². The topological polar surface area (TPSA) is 108 Å². The number of hydrogen-bond acceptors (Lipinski definition) is 6. The molecule has 0 radical (unpaired) electrons.